The van der Waals surface area contributed by atoms with Gasteiger partial charge in [0.1, 0.15) is 0 Å². The third-order valence-corrected chi connectivity index (χ3v) is 2.67. The van der Waals surface area contributed by atoms with Crippen molar-refractivity contribution in [2.24, 2.45) is 5.41 Å². The van der Waals surface area contributed by atoms with Crippen molar-refractivity contribution >= 4 is 11.8 Å². The molecule has 2 heterocycles. The molecule has 69 valence electrons. The fraction of sp³-hybridized carbons (Fsp3) is 0.750. The van der Waals surface area contributed by atoms with E-state index in [2.05, 4.69) is 10.6 Å². The summed E-state index contributed by atoms with van der Waals surface area (Å²) in [5.41, 5.74) is -0.446. The van der Waals surface area contributed by atoms with Gasteiger partial charge in [-0.25, -0.2) is 0 Å². The van der Waals surface area contributed by atoms with Gasteiger partial charge in [-0.1, -0.05) is 12.8 Å². The van der Waals surface area contributed by atoms with Crippen molar-refractivity contribution in [1.82, 2.24) is 0 Å². The molecule has 0 aliphatic carbocycles. The van der Waals surface area contributed by atoms with E-state index in [4.69, 9.17) is 0 Å². The number of nitrogens with zero attached hydrogens (tertiary/aromatic N) is 2. The Morgan fingerprint density at radius 1 is 1.14 bits per heavy atom. The van der Waals surface area contributed by atoms with E-state index in [-0.39, 0.29) is 106 Å². The molecule has 2 amide bonds. The van der Waals surface area contributed by atoms with Gasteiger partial charge < -0.3 is 20.2 Å². The molecule has 0 saturated carbocycles. The van der Waals surface area contributed by atoms with E-state index < -0.39 is 5.41 Å². The molecule has 0 unspecified atom stereocenters. The standard InChI is InChI=1S/C8H11N2O2.La.Rb/c11-6-5-8(7(12)10-6)1-3-9-4-2-8;;/h1-5H2,(H,10,11,12);;/q-1;;+1/p-1. The third kappa shape index (κ3) is 3.29. The molecule has 14 heavy (non-hydrogen) atoms. The predicted octanol–water partition coefficient (Wildman–Crippen LogP) is -2.03. The first-order valence-corrected chi connectivity index (χ1v) is 4.15. The molecule has 2 rings (SSSR count). The second-order valence-corrected chi connectivity index (χ2v) is 3.44. The maximum absolute atomic E-state index is 11.3. The monoisotopic (exact) mass is 390 g/mol. The molecule has 0 aromatic heterocycles. The van der Waals surface area contributed by atoms with Crippen LogP contribution in [0.25, 0.3) is 10.6 Å². The van der Waals surface area contributed by atoms with Crippen molar-refractivity contribution in [2.45, 2.75) is 19.3 Å². The third-order valence-electron chi connectivity index (χ3n) is 2.67. The molecular formula is C8H10LaN2O2Rb-. The first-order valence-electron chi connectivity index (χ1n) is 4.15. The second kappa shape index (κ2) is 6.74. The summed E-state index contributed by atoms with van der Waals surface area (Å²) in [4.78, 5) is 22.2. The van der Waals surface area contributed by atoms with Crippen LogP contribution in [0, 0.1) is 41.0 Å². The van der Waals surface area contributed by atoms with E-state index in [1.54, 1.807) is 0 Å². The average molecular weight is 391 g/mol. The molecule has 2 saturated heterocycles. The van der Waals surface area contributed by atoms with Gasteiger partial charge in [0.2, 0.25) is 0 Å². The molecule has 0 N–H and O–H groups in total. The molecule has 2 aliphatic rings. The first kappa shape index (κ1) is 16.1. The number of hydrogen-bond acceptors (Lipinski definition) is 2. The van der Waals surface area contributed by atoms with Gasteiger partial charge in [-0.2, -0.15) is 0 Å². The Hall–Kier alpha value is 2.10. The average Bonchev–Trinajstić information content (AvgIpc) is 2.29. The van der Waals surface area contributed by atoms with Gasteiger partial charge in [0, 0.05) is 41.0 Å². The maximum atomic E-state index is 11.3. The van der Waals surface area contributed by atoms with Crippen molar-refractivity contribution in [1.29, 1.82) is 0 Å². The molecule has 0 aromatic carbocycles. The molecule has 0 bridgehead atoms. The Bertz CT molecular complexity index is 241. The summed E-state index contributed by atoms with van der Waals surface area (Å²) >= 11 is 0. The molecule has 2 aliphatic heterocycles. The van der Waals surface area contributed by atoms with Crippen molar-refractivity contribution in [3.8, 4) is 0 Å². The molecule has 2 fully saturated rings. The number of rotatable bonds is 0. The van der Waals surface area contributed by atoms with Crippen LogP contribution in [0.3, 0.4) is 0 Å². The van der Waals surface area contributed by atoms with E-state index >= 15 is 0 Å². The summed E-state index contributed by atoms with van der Waals surface area (Å²) < 4.78 is 0. The van der Waals surface area contributed by atoms with Gasteiger partial charge in [0.15, 0.2) is 0 Å². The van der Waals surface area contributed by atoms with E-state index in [0.29, 0.717) is 32.4 Å². The van der Waals surface area contributed by atoms with Gasteiger partial charge in [-0.3, -0.25) is 0 Å². The summed E-state index contributed by atoms with van der Waals surface area (Å²) in [6, 6.07) is 0. The molecule has 4 nitrogen and oxygen atoms in total. The summed E-state index contributed by atoms with van der Waals surface area (Å²) in [6.45, 7) is 1.41. The zero-order chi connectivity index (χ0) is 8.60. The Labute approximate surface area is 160 Å². The molecule has 1 spiro atoms. The van der Waals surface area contributed by atoms with Crippen molar-refractivity contribution in [3.05, 3.63) is 10.6 Å². The summed E-state index contributed by atoms with van der Waals surface area (Å²) in [5, 5.41) is 7.60. The Kier molecular flexibility index (Phi) is 7.75. The molecule has 0 atom stereocenters. The van der Waals surface area contributed by atoms with Crippen LogP contribution in [0.15, 0.2) is 0 Å². The second-order valence-electron chi connectivity index (χ2n) is 3.44. The number of hydrogen-bond donors (Lipinski definition) is 0. The van der Waals surface area contributed by atoms with E-state index in [1.807, 2.05) is 0 Å². The topological polar surface area (TPSA) is 62.3 Å². The zero-order valence-corrected chi connectivity index (χ0v) is 16.9. The fourth-order valence-corrected chi connectivity index (χ4v) is 1.85. The van der Waals surface area contributed by atoms with Crippen LogP contribution in [0.5, 0.6) is 0 Å². The minimum absolute atomic E-state index is 0. The van der Waals surface area contributed by atoms with Crippen molar-refractivity contribution in [3.63, 3.8) is 0 Å². The maximum Gasteiger partial charge on any atom is 1.00 e. The van der Waals surface area contributed by atoms with Gasteiger partial charge in [0.05, 0.1) is 11.8 Å². The van der Waals surface area contributed by atoms with Crippen LogP contribution >= 0.6 is 0 Å². The smallest absolute Gasteiger partial charge is 0.662 e. The van der Waals surface area contributed by atoms with Gasteiger partial charge in [-0.15, -0.1) is 13.1 Å². The van der Waals surface area contributed by atoms with Crippen LogP contribution in [0.1, 0.15) is 19.3 Å². The number of carbonyl (C=O) groups excluding carboxylic acids is 2. The van der Waals surface area contributed by atoms with Crippen LogP contribution < -0.4 is 58.2 Å². The van der Waals surface area contributed by atoms with Crippen molar-refractivity contribution < 1.29 is 103 Å². The fourth-order valence-electron chi connectivity index (χ4n) is 1.85. The summed E-state index contributed by atoms with van der Waals surface area (Å²) in [6.07, 6.45) is 1.74. The Morgan fingerprint density at radius 2 is 1.71 bits per heavy atom. The number of imide groups is 1. The molecule has 1 radical (unpaired) electrons. The van der Waals surface area contributed by atoms with Crippen LogP contribution in [0.2, 0.25) is 0 Å². The number of amides is 2. The number of carbonyl (C=O) groups is 2. The molecule has 6 heteroatoms. The SMILES string of the molecule is O=C1CC2(CC[N-]CC2)C(=O)[N-]1.[La].[Rb+]. The summed E-state index contributed by atoms with van der Waals surface area (Å²) in [7, 11) is 0. The van der Waals surface area contributed by atoms with Gasteiger partial charge >= 0.3 is 58.2 Å². The zero-order valence-electron chi connectivity index (χ0n) is 8.32. The molecular weight excluding hydrogens is 380 g/mol. The normalized spacial score (nSPS) is 23.7. The van der Waals surface area contributed by atoms with Gasteiger partial charge in [-0.05, 0) is 6.42 Å². The molecule has 0 aromatic rings. The van der Waals surface area contributed by atoms with Crippen LogP contribution in [-0.4, -0.2) is 24.9 Å². The van der Waals surface area contributed by atoms with Gasteiger partial charge in [0.25, 0.3) is 0 Å². The minimum atomic E-state index is -0.446. The summed E-state index contributed by atoms with van der Waals surface area (Å²) in [5.74, 6) is -0.454. The Morgan fingerprint density at radius 3 is 2.14 bits per heavy atom. The van der Waals surface area contributed by atoms with E-state index in [1.165, 1.54) is 0 Å². The minimum Gasteiger partial charge on any atom is -0.662 e. The predicted molar refractivity (Wildman–Crippen MR) is 42.8 cm³/mol. The van der Waals surface area contributed by atoms with E-state index in [9.17, 15) is 9.59 Å². The quantitative estimate of drug-likeness (QED) is 0.448. The van der Waals surface area contributed by atoms with E-state index in [0.717, 1.165) is 0 Å². The van der Waals surface area contributed by atoms with Crippen LogP contribution in [0.4, 0.5) is 0 Å². The number of piperidine rings is 1. The van der Waals surface area contributed by atoms with Crippen LogP contribution in [-0.2, 0) is 9.59 Å². The Balaban J connectivity index is 0.000000845. The first-order chi connectivity index (χ1) is 5.73. The largest absolute Gasteiger partial charge is 1.00 e. The van der Waals surface area contributed by atoms with Crippen molar-refractivity contribution in [2.75, 3.05) is 13.1 Å².